The Morgan fingerprint density at radius 3 is 1.94 bits per heavy atom. The summed E-state index contributed by atoms with van der Waals surface area (Å²) in [6.07, 6.45) is 23.3. The van der Waals surface area contributed by atoms with Gasteiger partial charge in [-0.1, -0.05) is 103 Å². The largest absolute Gasteiger partial charge is 0.463 e. The van der Waals surface area contributed by atoms with Crippen LogP contribution >= 0.6 is 0 Å². The first-order valence-electron chi connectivity index (χ1n) is 12.7. The first kappa shape index (κ1) is 25.2. The number of hydrogen-bond donors (Lipinski definition) is 2. The highest BCUT2D eigenvalue weighted by molar-refractivity contribution is 5.93. The summed E-state index contributed by atoms with van der Waals surface area (Å²) in [6.45, 7) is 2.99. The molecular formula is C26H43N3O2. The van der Waals surface area contributed by atoms with Gasteiger partial charge < -0.3 is 9.73 Å². The van der Waals surface area contributed by atoms with E-state index in [2.05, 4.69) is 22.4 Å². The Hall–Kier alpha value is -2.04. The van der Waals surface area contributed by atoms with E-state index < -0.39 is 0 Å². The van der Waals surface area contributed by atoms with Crippen LogP contribution in [-0.2, 0) is 0 Å². The number of rotatable bonds is 19. The molecule has 0 spiro atoms. The lowest BCUT2D eigenvalue weighted by atomic mass is 10.0. The van der Waals surface area contributed by atoms with Crippen LogP contribution in [0.1, 0.15) is 120 Å². The number of nitrogens with one attached hydrogen (secondary N) is 2. The van der Waals surface area contributed by atoms with Crippen molar-refractivity contribution < 1.29 is 9.21 Å². The second-order valence-corrected chi connectivity index (χ2v) is 8.70. The fraction of sp³-hybridized carbons (Fsp3) is 0.692. The average Bonchev–Trinajstić information content (AvgIpc) is 3.48. The van der Waals surface area contributed by atoms with Crippen LogP contribution in [0, 0.1) is 0 Å². The van der Waals surface area contributed by atoms with Crippen molar-refractivity contribution in [1.82, 2.24) is 15.5 Å². The van der Waals surface area contributed by atoms with Crippen LogP contribution in [-0.4, -0.2) is 22.6 Å². The van der Waals surface area contributed by atoms with Crippen molar-refractivity contribution in [3.05, 3.63) is 30.2 Å². The summed E-state index contributed by atoms with van der Waals surface area (Å²) >= 11 is 0. The number of amides is 1. The zero-order valence-corrected chi connectivity index (χ0v) is 19.6. The van der Waals surface area contributed by atoms with Crippen LogP contribution in [0.2, 0.25) is 0 Å². The Morgan fingerprint density at radius 1 is 0.871 bits per heavy atom. The Morgan fingerprint density at radius 2 is 1.42 bits per heavy atom. The number of H-pyrrole nitrogens is 1. The highest BCUT2D eigenvalue weighted by atomic mass is 16.3. The van der Waals surface area contributed by atoms with Crippen molar-refractivity contribution >= 4 is 5.91 Å². The molecule has 1 amide bonds. The molecule has 0 aliphatic carbocycles. The third-order valence-corrected chi connectivity index (χ3v) is 5.91. The minimum Gasteiger partial charge on any atom is -0.463 e. The van der Waals surface area contributed by atoms with Crippen LogP contribution < -0.4 is 5.32 Å². The number of carbonyl (C=O) groups excluding carboxylic acids is 1. The monoisotopic (exact) mass is 429 g/mol. The lowest BCUT2D eigenvalue weighted by Gasteiger charge is -2.04. The van der Waals surface area contributed by atoms with E-state index in [0.29, 0.717) is 18.0 Å². The zero-order valence-electron chi connectivity index (χ0n) is 19.6. The molecule has 0 fully saturated rings. The molecule has 0 aliphatic heterocycles. The van der Waals surface area contributed by atoms with Gasteiger partial charge in [0.1, 0.15) is 5.69 Å². The van der Waals surface area contributed by atoms with Gasteiger partial charge in [0, 0.05) is 12.6 Å². The lowest BCUT2D eigenvalue weighted by Crippen LogP contribution is -2.24. The predicted molar refractivity (Wildman–Crippen MR) is 128 cm³/mol. The number of carbonyl (C=O) groups is 1. The second-order valence-electron chi connectivity index (χ2n) is 8.70. The molecule has 2 N–H and O–H groups in total. The van der Waals surface area contributed by atoms with Crippen LogP contribution in [0.3, 0.4) is 0 Å². The summed E-state index contributed by atoms with van der Waals surface area (Å²) in [5, 5.41) is 9.87. The van der Waals surface area contributed by atoms with Gasteiger partial charge in [-0.3, -0.25) is 9.89 Å². The summed E-state index contributed by atoms with van der Waals surface area (Å²) in [5.41, 5.74) is 1.13. The van der Waals surface area contributed by atoms with Gasteiger partial charge in [-0.15, -0.1) is 0 Å². The van der Waals surface area contributed by atoms with Crippen molar-refractivity contribution in [3.63, 3.8) is 0 Å². The maximum Gasteiger partial charge on any atom is 0.271 e. The van der Waals surface area contributed by atoms with Gasteiger partial charge in [-0.2, -0.15) is 5.10 Å². The molecule has 2 heterocycles. The molecule has 0 unspecified atom stereocenters. The maximum absolute atomic E-state index is 12.2. The van der Waals surface area contributed by atoms with E-state index in [4.69, 9.17) is 4.42 Å². The highest BCUT2D eigenvalue weighted by Gasteiger charge is 2.11. The Labute approximate surface area is 188 Å². The molecule has 174 valence electrons. The van der Waals surface area contributed by atoms with E-state index in [9.17, 15) is 4.79 Å². The molecule has 0 atom stereocenters. The first-order valence-corrected chi connectivity index (χ1v) is 12.7. The highest BCUT2D eigenvalue weighted by Crippen LogP contribution is 2.18. The second kappa shape index (κ2) is 16.6. The number of nitrogens with zero attached hydrogens (tertiary/aromatic N) is 1. The van der Waals surface area contributed by atoms with Gasteiger partial charge in [-0.05, 0) is 18.6 Å². The van der Waals surface area contributed by atoms with E-state index in [1.165, 1.54) is 96.3 Å². The van der Waals surface area contributed by atoms with E-state index in [0.717, 1.165) is 12.1 Å². The van der Waals surface area contributed by atoms with E-state index >= 15 is 0 Å². The summed E-state index contributed by atoms with van der Waals surface area (Å²) in [7, 11) is 0. The van der Waals surface area contributed by atoms with Gasteiger partial charge in [0.15, 0.2) is 11.5 Å². The third kappa shape index (κ3) is 11.2. The van der Waals surface area contributed by atoms with Crippen LogP contribution in [0.4, 0.5) is 0 Å². The molecule has 5 nitrogen and oxygen atoms in total. The summed E-state index contributed by atoms with van der Waals surface area (Å²) in [6, 6.07) is 5.38. The number of hydrogen-bond acceptors (Lipinski definition) is 3. The standard InChI is InChI=1S/C26H43N3O2/c1-2-3-4-5-6-7-8-9-10-11-12-13-14-15-16-17-20-27-26(30)24-22-23(28-29-24)25-19-18-21-31-25/h18-19,21-22H,2-17,20H2,1H3,(H,27,30)(H,28,29). The molecule has 0 aromatic carbocycles. The molecule has 0 radical (unpaired) electrons. The first-order chi connectivity index (χ1) is 15.3. The van der Waals surface area contributed by atoms with Gasteiger partial charge in [0.05, 0.1) is 6.26 Å². The number of aromatic amines is 1. The molecule has 2 rings (SSSR count). The van der Waals surface area contributed by atoms with Gasteiger partial charge in [0.25, 0.3) is 5.91 Å². The van der Waals surface area contributed by atoms with Gasteiger partial charge in [0.2, 0.25) is 0 Å². The van der Waals surface area contributed by atoms with Crippen molar-refractivity contribution in [2.24, 2.45) is 0 Å². The quantitative estimate of drug-likeness (QED) is 0.225. The van der Waals surface area contributed by atoms with E-state index in [1.807, 2.05) is 12.1 Å². The number of furan rings is 1. The third-order valence-electron chi connectivity index (χ3n) is 5.91. The Balaban J connectivity index is 1.34. The topological polar surface area (TPSA) is 70.9 Å². The Bertz CT molecular complexity index is 679. The molecule has 0 bridgehead atoms. The van der Waals surface area contributed by atoms with Crippen LogP contribution in [0.5, 0.6) is 0 Å². The van der Waals surface area contributed by atoms with Crippen molar-refractivity contribution in [2.45, 2.75) is 110 Å². The number of aromatic nitrogens is 2. The SMILES string of the molecule is CCCCCCCCCCCCCCCCCCNC(=O)c1cc(-c2ccco2)[nH]n1. The molecule has 5 heteroatoms. The molecule has 0 aliphatic rings. The van der Waals surface area contributed by atoms with Gasteiger partial charge >= 0.3 is 0 Å². The molecule has 2 aromatic rings. The molecule has 0 saturated heterocycles. The lowest BCUT2D eigenvalue weighted by molar-refractivity contribution is 0.0948. The van der Waals surface area contributed by atoms with Crippen LogP contribution in [0.15, 0.2) is 28.9 Å². The minimum atomic E-state index is -0.130. The van der Waals surface area contributed by atoms with Crippen molar-refractivity contribution in [1.29, 1.82) is 0 Å². The average molecular weight is 430 g/mol. The fourth-order valence-corrected chi connectivity index (χ4v) is 3.96. The molecule has 31 heavy (non-hydrogen) atoms. The fourth-order valence-electron chi connectivity index (χ4n) is 3.96. The normalized spacial score (nSPS) is 11.1. The summed E-state index contributed by atoms with van der Waals surface area (Å²) < 4.78 is 5.31. The van der Waals surface area contributed by atoms with Crippen molar-refractivity contribution in [2.75, 3.05) is 6.54 Å². The molecular weight excluding hydrogens is 386 g/mol. The number of unbranched alkanes of at least 4 members (excludes halogenated alkanes) is 15. The molecule has 0 saturated carbocycles. The van der Waals surface area contributed by atoms with E-state index in [-0.39, 0.29) is 5.91 Å². The Kier molecular flexibility index (Phi) is 13.5. The van der Waals surface area contributed by atoms with Gasteiger partial charge in [-0.25, -0.2) is 0 Å². The zero-order chi connectivity index (χ0) is 22.0. The molecule has 2 aromatic heterocycles. The maximum atomic E-state index is 12.2. The summed E-state index contributed by atoms with van der Waals surface area (Å²) in [5.74, 6) is 0.555. The predicted octanol–water partition coefficient (Wildman–Crippen LogP) is 7.66. The minimum absolute atomic E-state index is 0.130. The summed E-state index contributed by atoms with van der Waals surface area (Å²) in [4.78, 5) is 12.2. The van der Waals surface area contributed by atoms with E-state index in [1.54, 1.807) is 12.3 Å². The van der Waals surface area contributed by atoms with Crippen LogP contribution in [0.25, 0.3) is 11.5 Å². The van der Waals surface area contributed by atoms with Crippen molar-refractivity contribution in [3.8, 4) is 11.5 Å². The smallest absolute Gasteiger partial charge is 0.271 e.